The number of rotatable bonds is 5. The molecule has 0 saturated heterocycles. The lowest BCUT2D eigenvalue weighted by Gasteiger charge is -2.39. The SMILES string of the molecule is O=C(N[C@]1(c2ccc(-c3ccc(F)c(CO)c3)cc2)CCOc2cccnc21)c1ccc(F)cc1. The number of benzene rings is 3. The number of ether oxygens (including phenoxy) is 1. The van der Waals surface area contributed by atoms with Crippen LogP contribution in [0.1, 0.15) is 33.6 Å². The van der Waals surface area contributed by atoms with E-state index in [0.717, 1.165) is 16.7 Å². The Morgan fingerprint density at radius 3 is 2.49 bits per heavy atom. The van der Waals surface area contributed by atoms with Gasteiger partial charge in [-0.3, -0.25) is 9.78 Å². The van der Waals surface area contributed by atoms with E-state index >= 15 is 0 Å². The van der Waals surface area contributed by atoms with Crippen LogP contribution in [0.25, 0.3) is 11.1 Å². The second-order valence-corrected chi connectivity index (χ2v) is 8.36. The van der Waals surface area contributed by atoms with Crippen molar-refractivity contribution in [1.82, 2.24) is 10.3 Å². The second kappa shape index (κ2) is 9.27. The summed E-state index contributed by atoms with van der Waals surface area (Å²) in [7, 11) is 0. The van der Waals surface area contributed by atoms with E-state index in [1.165, 1.54) is 30.3 Å². The Hall–Kier alpha value is -4.10. The third kappa shape index (κ3) is 4.26. The highest BCUT2D eigenvalue weighted by Gasteiger charge is 2.42. The van der Waals surface area contributed by atoms with Gasteiger partial charge >= 0.3 is 0 Å². The number of nitrogens with zero attached hydrogens (tertiary/aromatic N) is 1. The number of pyridine rings is 1. The molecule has 4 aromatic rings. The molecule has 1 aliphatic rings. The zero-order chi connectivity index (χ0) is 24.4. The van der Waals surface area contributed by atoms with Crippen molar-refractivity contribution in [3.8, 4) is 16.9 Å². The molecule has 5 rings (SSSR count). The summed E-state index contributed by atoms with van der Waals surface area (Å²) in [5, 5.41) is 12.5. The maximum Gasteiger partial charge on any atom is 0.252 e. The maximum absolute atomic E-state index is 13.8. The number of nitrogens with one attached hydrogen (secondary N) is 1. The lowest BCUT2D eigenvalue weighted by atomic mass is 9.80. The fraction of sp³-hybridized carbons (Fsp3) is 0.143. The van der Waals surface area contributed by atoms with E-state index in [1.54, 1.807) is 24.4 Å². The predicted octanol–water partition coefficient (Wildman–Crippen LogP) is 4.98. The van der Waals surface area contributed by atoms with Crippen molar-refractivity contribution >= 4 is 5.91 Å². The van der Waals surface area contributed by atoms with Gasteiger partial charge in [0, 0.05) is 23.7 Å². The van der Waals surface area contributed by atoms with Gasteiger partial charge < -0.3 is 15.2 Å². The number of aromatic nitrogens is 1. The van der Waals surface area contributed by atoms with Crippen LogP contribution in [0.5, 0.6) is 5.75 Å². The Balaban J connectivity index is 1.56. The van der Waals surface area contributed by atoms with Crippen LogP contribution in [0.15, 0.2) is 85.1 Å². The number of halogens is 2. The highest BCUT2D eigenvalue weighted by molar-refractivity contribution is 5.95. The van der Waals surface area contributed by atoms with Gasteiger partial charge in [-0.25, -0.2) is 8.78 Å². The second-order valence-electron chi connectivity index (χ2n) is 8.36. The van der Waals surface area contributed by atoms with Gasteiger partial charge in [0.1, 0.15) is 28.6 Å². The minimum Gasteiger partial charge on any atom is -0.491 e. The first-order chi connectivity index (χ1) is 17.0. The zero-order valence-corrected chi connectivity index (χ0v) is 18.7. The summed E-state index contributed by atoms with van der Waals surface area (Å²) in [4.78, 5) is 17.8. The van der Waals surface area contributed by atoms with Crippen molar-refractivity contribution in [2.45, 2.75) is 18.6 Å². The van der Waals surface area contributed by atoms with Gasteiger partial charge in [0.05, 0.1) is 13.2 Å². The first kappa shape index (κ1) is 22.7. The van der Waals surface area contributed by atoms with Gasteiger partial charge in [-0.05, 0) is 65.2 Å². The average Bonchev–Trinajstić information content (AvgIpc) is 2.89. The van der Waals surface area contributed by atoms with Gasteiger partial charge in [0.15, 0.2) is 0 Å². The molecule has 2 N–H and O–H groups in total. The molecule has 0 radical (unpaired) electrons. The molecule has 0 unspecified atom stereocenters. The Bertz CT molecular complexity index is 1370. The molecule has 0 aliphatic carbocycles. The number of aliphatic hydroxyl groups excluding tert-OH is 1. The summed E-state index contributed by atoms with van der Waals surface area (Å²) >= 11 is 0. The summed E-state index contributed by atoms with van der Waals surface area (Å²) in [6, 6.07) is 21.1. The van der Waals surface area contributed by atoms with Crippen molar-refractivity contribution in [1.29, 1.82) is 0 Å². The van der Waals surface area contributed by atoms with Crippen LogP contribution in [-0.4, -0.2) is 22.6 Å². The molecule has 0 bridgehead atoms. The molecule has 1 atom stereocenters. The first-order valence-corrected chi connectivity index (χ1v) is 11.2. The lowest BCUT2D eigenvalue weighted by Crippen LogP contribution is -2.50. The Kier molecular flexibility index (Phi) is 6.01. The molecule has 5 nitrogen and oxygen atoms in total. The van der Waals surface area contributed by atoms with Crippen LogP contribution >= 0.6 is 0 Å². The normalized spacial score (nSPS) is 16.8. The molecule has 7 heteroatoms. The summed E-state index contributed by atoms with van der Waals surface area (Å²) < 4.78 is 33.0. The highest BCUT2D eigenvalue weighted by Crippen LogP contribution is 2.41. The van der Waals surface area contributed by atoms with Crippen LogP contribution in [0.3, 0.4) is 0 Å². The van der Waals surface area contributed by atoms with E-state index < -0.39 is 23.8 Å². The van der Waals surface area contributed by atoms with E-state index in [-0.39, 0.29) is 11.5 Å². The number of carbonyl (C=O) groups is 1. The fourth-order valence-corrected chi connectivity index (χ4v) is 4.42. The molecule has 1 amide bonds. The summed E-state index contributed by atoms with van der Waals surface area (Å²) in [5.74, 6) is -0.664. The number of hydrogen-bond donors (Lipinski definition) is 2. The smallest absolute Gasteiger partial charge is 0.252 e. The number of hydrogen-bond acceptors (Lipinski definition) is 4. The molecular weight excluding hydrogens is 450 g/mol. The third-order valence-corrected chi connectivity index (χ3v) is 6.27. The average molecular weight is 472 g/mol. The third-order valence-electron chi connectivity index (χ3n) is 6.27. The molecule has 3 aromatic carbocycles. The molecule has 1 aliphatic heterocycles. The molecule has 176 valence electrons. The number of aliphatic hydroxyl groups is 1. The molecule has 0 saturated carbocycles. The van der Waals surface area contributed by atoms with E-state index in [1.807, 2.05) is 30.3 Å². The van der Waals surface area contributed by atoms with Gasteiger partial charge in [-0.2, -0.15) is 0 Å². The minimum absolute atomic E-state index is 0.220. The summed E-state index contributed by atoms with van der Waals surface area (Å²) in [6.07, 6.45) is 2.09. The van der Waals surface area contributed by atoms with Crippen LogP contribution in [0, 0.1) is 11.6 Å². The van der Waals surface area contributed by atoms with Crippen LogP contribution in [0.4, 0.5) is 8.78 Å². The quantitative estimate of drug-likeness (QED) is 0.430. The van der Waals surface area contributed by atoms with Gasteiger partial charge in [0.25, 0.3) is 5.91 Å². The molecular formula is C28H22F2N2O3. The molecule has 0 spiro atoms. The molecule has 35 heavy (non-hydrogen) atoms. The number of fused-ring (bicyclic) bond motifs is 1. The summed E-state index contributed by atoms with van der Waals surface area (Å²) in [5.41, 5.74) is 2.54. The maximum atomic E-state index is 13.8. The van der Waals surface area contributed by atoms with Crippen molar-refractivity contribution in [3.63, 3.8) is 0 Å². The number of amides is 1. The summed E-state index contributed by atoms with van der Waals surface area (Å²) in [6.45, 7) is -0.0271. The predicted molar refractivity (Wildman–Crippen MR) is 127 cm³/mol. The van der Waals surface area contributed by atoms with Crippen LogP contribution in [-0.2, 0) is 12.1 Å². The van der Waals surface area contributed by atoms with Gasteiger partial charge in [-0.15, -0.1) is 0 Å². The van der Waals surface area contributed by atoms with Crippen molar-refractivity contribution in [2.75, 3.05) is 6.61 Å². The highest BCUT2D eigenvalue weighted by atomic mass is 19.1. The van der Waals surface area contributed by atoms with E-state index in [9.17, 15) is 18.7 Å². The van der Waals surface area contributed by atoms with Crippen LogP contribution in [0.2, 0.25) is 0 Å². The Morgan fingerprint density at radius 2 is 1.74 bits per heavy atom. The Labute approximate surface area is 201 Å². The molecule has 0 fully saturated rings. The van der Waals surface area contributed by atoms with Gasteiger partial charge in [-0.1, -0.05) is 30.3 Å². The topological polar surface area (TPSA) is 71.5 Å². The van der Waals surface area contributed by atoms with E-state index in [4.69, 9.17) is 4.74 Å². The molecule has 2 heterocycles. The zero-order valence-electron chi connectivity index (χ0n) is 18.7. The van der Waals surface area contributed by atoms with E-state index in [2.05, 4.69) is 10.3 Å². The standard InChI is InChI=1S/C28H22F2N2O3/c29-23-10-5-19(6-11-23)27(34)32-28(13-15-35-25-2-1-14-31-26(25)28)22-8-3-18(4-9-22)20-7-12-24(30)21(16-20)17-33/h1-12,14,16,33H,13,15,17H2,(H,32,34)/t28-/m0/s1. The number of carbonyl (C=O) groups excluding carboxylic acids is 1. The van der Waals surface area contributed by atoms with Crippen molar-refractivity contribution in [3.05, 3.63) is 119 Å². The van der Waals surface area contributed by atoms with Crippen molar-refractivity contribution in [2.24, 2.45) is 0 Å². The first-order valence-electron chi connectivity index (χ1n) is 11.2. The van der Waals surface area contributed by atoms with Crippen LogP contribution < -0.4 is 10.1 Å². The van der Waals surface area contributed by atoms with Crippen molar-refractivity contribution < 1.29 is 23.4 Å². The minimum atomic E-state index is -0.974. The largest absolute Gasteiger partial charge is 0.491 e. The van der Waals surface area contributed by atoms with Gasteiger partial charge in [0.2, 0.25) is 0 Å². The Morgan fingerprint density at radius 1 is 1.00 bits per heavy atom. The molecule has 1 aromatic heterocycles. The lowest BCUT2D eigenvalue weighted by molar-refractivity contribution is 0.0883. The van der Waals surface area contributed by atoms with E-state index in [0.29, 0.717) is 30.0 Å². The monoisotopic (exact) mass is 472 g/mol. The fourth-order valence-electron chi connectivity index (χ4n) is 4.42.